The van der Waals surface area contributed by atoms with Crippen LogP contribution in [-0.4, -0.2) is 11.6 Å². The maximum Gasteiger partial charge on any atom is 0.331 e. The third kappa shape index (κ3) is 3.08. The number of rotatable bonds is 2. The summed E-state index contributed by atoms with van der Waals surface area (Å²) < 4.78 is 5.45. The van der Waals surface area contributed by atoms with E-state index in [2.05, 4.69) is 0 Å². The molecule has 0 N–H and O–H groups in total. The monoisotopic (exact) mass is 206 g/mol. The van der Waals surface area contributed by atoms with Crippen molar-refractivity contribution in [3.05, 3.63) is 36.0 Å². The molecular weight excluding hydrogens is 188 g/mol. The van der Waals surface area contributed by atoms with Gasteiger partial charge in [-0.2, -0.15) is 0 Å². The first-order chi connectivity index (χ1) is 6.94. The molecular formula is C13H18O2. The van der Waals surface area contributed by atoms with Gasteiger partial charge in [0.15, 0.2) is 0 Å². The molecule has 0 bridgehead atoms. The molecule has 0 radical (unpaired) electrons. The van der Waals surface area contributed by atoms with Gasteiger partial charge < -0.3 is 4.74 Å². The highest BCUT2D eigenvalue weighted by molar-refractivity contribution is 5.83. The highest BCUT2D eigenvalue weighted by Crippen LogP contribution is 2.28. The standard InChI is InChI=1S/C13H18O2/c1-10(2)9-12(14)15-13(4)8-6-5-7-11(13)3/h5-9,11H,1-4H3. The summed E-state index contributed by atoms with van der Waals surface area (Å²) in [6, 6.07) is 0. The summed E-state index contributed by atoms with van der Waals surface area (Å²) in [6.07, 6.45) is 9.37. The van der Waals surface area contributed by atoms with Gasteiger partial charge in [-0.15, -0.1) is 0 Å². The van der Waals surface area contributed by atoms with Crippen LogP contribution in [0.15, 0.2) is 36.0 Å². The van der Waals surface area contributed by atoms with E-state index < -0.39 is 5.60 Å². The van der Waals surface area contributed by atoms with Crippen LogP contribution in [0, 0.1) is 5.92 Å². The molecule has 0 aromatic heterocycles. The summed E-state index contributed by atoms with van der Waals surface area (Å²) in [6.45, 7) is 7.72. The largest absolute Gasteiger partial charge is 0.451 e. The lowest BCUT2D eigenvalue weighted by Crippen LogP contribution is -2.36. The Kier molecular flexibility index (Phi) is 3.51. The van der Waals surface area contributed by atoms with Crippen molar-refractivity contribution in [3.63, 3.8) is 0 Å². The Labute approximate surface area is 91.3 Å². The van der Waals surface area contributed by atoms with Gasteiger partial charge in [-0.3, -0.25) is 0 Å². The van der Waals surface area contributed by atoms with Crippen molar-refractivity contribution < 1.29 is 9.53 Å². The van der Waals surface area contributed by atoms with Gasteiger partial charge in [0.1, 0.15) is 5.60 Å². The Hall–Kier alpha value is -1.31. The number of carbonyl (C=O) groups excluding carboxylic acids is 1. The van der Waals surface area contributed by atoms with Crippen molar-refractivity contribution in [1.29, 1.82) is 0 Å². The zero-order valence-corrected chi connectivity index (χ0v) is 9.78. The molecule has 0 fully saturated rings. The molecule has 2 atom stereocenters. The quantitative estimate of drug-likeness (QED) is 0.513. The molecule has 1 aliphatic carbocycles. The van der Waals surface area contributed by atoms with E-state index in [0.29, 0.717) is 0 Å². The number of ether oxygens (including phenoxy) is 1. The maximum absolute atomic E-state index is 11.5. The smallest absolute Gasteiger partial charge is 0.331 e. The predicted molar refractivity (Wildman–Crippen MR) is 61.4 cm³/mol. The lowest BCUT2D eigenvalue weighted by Gasteiger charge is -2.32. The molecule has 0 amide bonds. The first-order valence-corrected chi connectivity index (χ1v) is 5.18. The number of allylic oxidation sites excluding steroid dienone is 3. The minimum Gasteiger partial charge on any atom is -0.451 e. The second-order valence-electron chi connectivity index (χ2n) is 4.36. The van der Waals surface area contributed by atoms with Crippen LogP contribution in [0.1, 0.15) is 27.7 Å². The Morgan fingerprint density at radius 3 is 2.60 bits per heavy atom. The van der Waals surface area contributed by atoms with Crippen molar-refractivity contribution in [3.8, 4) is 0 Å². The summed E-state index contributed by atoms with van der Waals surface area (Å²) in [7, 11) is 0. The average molecular weight is 206 g/mol. The molecule has 0 heterocycles. The molecule has 0 saturated carbocycles. The van der Waals surface area contributed by atoms with Crippen LogP contribution >= 0.6 is 0 Å². The number of carbonyl (C=O) groups is 1. The van der Waals surface area contributed by atoms with Gasteiger partial charge in [0.2, 0.25) is 0 Å². The van der Waals surface area contributed by atoms with Crippen molar-refractivity contribution in [2.75, 3.05) is 0 Å². The van der Waals surface area contributed by atoms with Crippen LogP contribution in [0.25, 0.3) is 0 Å². The SMILES string of the molecule is CC(C)=CC(=O)OC1(C)C=CC=CC1C. The Morgan fingerprint density at radius 1 is 1.40 bits per heavy atom. The number of esters is 1. The predicted octanol–water partition coefficient (Wildman–Crippen LogP) is 3.02. The van der Waals surface area contributed by atoms with Crippen molar-refractivity contribution in [2.24, 2.45) is 5.92 Å². The number of hydrogen-bond donors (Lipinski definition) is 0. The zero-order valence-electron chi connectivity index (χ0n) is 9.78. The van der Waals surface area contributed by atoms with E-state index in [-0.39, 0.29) is 11.9 Å². The summed E-state index contributed by atoms with van der Waals surface area (Å²) >= 11 is 0. The van der Waals surface area contributed by atoms with E-state index in [9.17, 15) is 4.79 Å². The lowest BCUT2D eigenvalue weighted by molar-refractivity contribution is -0.150. The summed E-state index contributed by atoms with van der Waals surface area (Å²) in [5, 5.41) is 0. The Balaban J connectivity index is 2.72. The molecule has 0 saturated heterocycles. The molecule has 2 unspecified atom stereocenters. The van der Waals surface area contributed by atoms with Gasteiger partial charge in [-0.1, -0.05) is 30.7 Å². The van der Waals surface area contributed by atoms with Crippen molar-refractivity contribution >= 4 is 5.97 Å². The molecule has 2 nitrogen and oxygen atoms in total. The molecule has 15 heavy (non-hydrogen) atoms. The third-order valence-corrected chi connectivity index (χ3v) is 2.57. The first-order valence-electron chi connectivity index (χ1n) is 5.18. The van der Waals surface area contributed by atoms with Gasteiger partial charge in [-0.25, -0.2) is 4.79 Å². The minimum atomic E-state index is -0.516. The van der Waals surface area contributed by atoms with Gasteiger partial charge in [0.25, 0.3) is 0 Å². The molecule has 0 spiro atoms. The van der Waals surface area contributed by atoms with E-state index in [1.54, 1.807) is 0 Å². The van der Waals surface area contributed by atoms with Gasteiger partial charge >= 0.3 is 5.97 Å². The highest BCUT2D eigenvalue weighted by atomic mass is 16.6. The van der Waals surface area contributed by atoms with E-state index in [1.807, 2.05) is 52.0 Å². The molecule has 82 valence electrons. The normalized spacial score (nSPS) is 28.7. The topological polar surface area (TPSA) is 26.3 Å². The molecule has 0 aromatic rings. The van der Waals surface area contributed by atoms with Gasteiger partial charge in [0.05, 0.1) is 0 Å². The molecule has 0 aromatic carbocycles. The number of hydrogen-bond acceptors (Lipinski definition) is 2. The van der Waals surface area contributed by atoms with Crippen molar-refractivity contribution in [1.82, 2.24) is 0 Å². The van der Waals surface area contributed by atoms with Gasteiger partial charge in [0, 0.05) is 12.0 Å². The molecule has 1 aliphatic rings. The first kappa shape index (κ1) is 11.8. The average Bonchev–Trinajstić information content (AvgIpc) is 2.08. The molecule has 1 rings (SSSR count). The fourth-order valence-corrected chi connectivity index (χ4v) is 1.43. The van der Waals surface area contributed by atoms with Crippen LogP contribution in [0.5, 0.6) is 0 Å². The maximum atomic E-state index is 11.5. The second kappa shape index (κ2) is 4.47. The zero-order chi connectivity index (χ0) is 11.5. The van der Waals surface area contributed by atoms with Crippen molar-refractivity contribution in [2.45, 2.75) is 33.3 Å². The Morgan fingerprint density at radius 2 is 2.07 bits per heavy atom. The summed E-state index contributed by atoms with van der Waals surface area (Å²) in [5.41, 5.74) is 0.434. The van der Waals surface area contributed by atoms with Gasteiger partial charge in [-0.05, 0) is 26.8 Å². The van der Waals surface area contributed by atoms with E-state index >= 15 is 0 Å². The van der Waals surface area contributed by atoms with Crippen LogP contribution in [-0.2, 0) is 9.53 Å². The fraction of sp³-hybridized carbons (Fsp3) is 0.462. The second-order valence-corrected chi connectivity index (χ2v) is 4.36. The lowest BCUT2D eigenvalue weighted by atomic mass is 9.87. The van der Waals surface area contributed by atoms with Crippen LogP contribution in [0.2, 0.25) is 0 Å². The van der Waals surface area contributed by atoms with Crippen LogP contribution < -0.4 is 0 Å². The summed E-state index contributed by atoms with van der Waals surface area (Å²) in [5.74, 6) is -0.0682. The molecule has 2 heteroatoms. The third-order valence-electron chi connectivity index (χ3n) is 2.57. The van der Waals surface area contributed by atoms with Crippen LogP contribution in [0.3, 0.4) is 0 Å². The van der Waals surface area contributed by atoms with Crippen LogP contribution in [0.4, 0.5) is 0 Å². The minimum absolute atomic E-state index is 0.206. The fourth-order valence-electron chi connectivity index (χ4n) is 1.43. The highest BCUT2D eigenvalue weighted by Gasteiger charge is 2.31. The summed E-state index contributed by atoms with van der Waals surface area (Å²) in [4.78, 5) is 11.5. The van der Waals surface area contributed by atoms with E-state index in [1.165, 1.54) is 6.08 Å². The van der Waals surface area contributed by atoms with E-state index in [0.717, 1.165) is 5.57 Å². The Bertz CT molecular complexity index is 332. The van der Waals surface area contributed by atoms with E-state index in [4.69, 9.17) is 4.74 Å². The molecule has 0 aliphatic heterocycles.